The molecule has 8 heteroatoms. The van der Waals surface area contributed by atoms with Crippen LogP contribution in [0.2, 0.25) is 5.02 Å². The molecule has 4 rings (SSSR count). The molecule has 0 aliphatic carbocycles. The molecule has 0 aliphatic heterocycles. The number of hydrogen-bond acceptors (Lipinski definition) is 4. The van der Waals surface area contributed by atoms with Crippen molar-refractivity contribution in [1.82, 2.24) is 9.38 Å². The van der Waals surface area contributed by atoms with Crippen molar-refractivity contribution in [3.05, 3.63) is 91.9 Å². The highest BCUT2D eigenvalue weighted by molar-refractivity contribution is 7.19. The van der Waals surface area contributed by atoms with Crippen LogP contribution < -0.4 is 5.56 Å². The first-order chi connectivity index (χ1) is 14.0. The molecule has 1 N–H and O–H groups in total. The second kappa shape index (κ2) is 7.62. The van der Waals surface area contributed by atoms with Gasteiger partial charge in [0.2, 0.25) is 0 Å². The van der Waals surface area contributed by atoms with Crippen molar-refractivity contribution in [3.63, 3.8) is 0 Å². The topological polar surface area (TPSA) is 71.7 Å². The summed E-state index contributed by atoms with van der Waals surface area (Å²) in [6.07, 6.45) is 3.19. The van der Waals surface area contributed by atoms with E-state index in [4.69, 9.17) is 11.6 Å². The molecular weight excluding hydrogens is 415 g/mol. The Balaban J connectivity index is 1.91. The smallest absolute Gasteiger partial charge is 0.348 e. The summed E-state index contributed by atoms with van der Waals surface area (Å²) in [6, 6.07) is 14.5. The molecule has 0 unspecified atom stereocenters. The van der Waals surface area contributed by atoms with E-state index in [-0.39, 0.29) is 32.1 Å². The number of aromatic nitrogens is 2. The van der Waals surface area contributed by atoms with E-state index >= 15 is 0 Å². The lowest BCUT2D eigenvalue weighted by Gasteiger charge is -2.05. The minimum atomic E-state index is -1.15. The maximum absolute atomic E-state index is 13.0. The van der Waals surface area contributed by atoms with Gasteiger partial charge in [-0.1, -0.05) is 71.5 Å². The van der Waals surface area contributed by atoms with Gasteiger partial charge in [0.25, 0.3) is 5.56 Å². The summed E-state index contributed by atoms with van der Waals surface area (Å²) in [6.45, 7) is 0. The van der Waals surface area contributed by atoms with Crippen molar-refractivity contribution in [2.45, 2.75) is 0 Å². The van der Waals surface area contributed by atoms with E-state index in [1.807, 2.05) is 0 Å². The Bertz CT molecular complexity index is 1310. The van der Waals surface area contributed by atoms with Gasteiger partial charge >= 0.3 is 5.97 Å². The SMILES string of the molecule is O=C(O)c1sc2nc(C=Cc3ccc(F)cc3)c(Cl)c(=O)n2c1-c1ccccc1. The Kier molecular flexibility index (Phi) is 5.00. The zero-order valence-corrected chi connectivity index (χ0v) is 16.2. The van der Waals surface area contributed by atoms with Gasteiger partial charge in [-0.15, -0.1) is 0 Å². The maximum atomic E-state index is 13.0. The predicted octanol–water partition coefficient (Wildman–Crippen LogP) is 5.08. The largest absolute Gasteiger partial charge is 0.477 e. The molecule has 2 aromatic heterocycles. The fourth-order valence-electron chi connectivity index (χ4n) is 2.86. The normalized spacial score (nSPS) is 11.4. The standard InChI is InChI=1S/C21H12ClFN2O3S/c22-16-15(11-8-12-6-9-14(23)10-7-12)24-21-25(19(16)26)17(18(29-21)20(27)28)13-4-2-1-3-5-13/h1-11H,(H,27,28). The summed E-state index contributed by atoms with van der Waals surface area (Å²) < 4.78 is 14.3. The van der Waals surface area contributed by atoms with Crippen LogP contribution in [0.3, 0.4) is 0 Å². The summed E-state index contributed by atoms with van der Waals surface area (Å²) in [5.74, 6) is -1.51. The predicted molar refractivity (Wildman–Crippen MR) is 112 cm³/mol. The van der Waals surface area contributed by atoms with Crippen LogP contribution in [0.5, 0.6) is 0 Å². The van der Waals surface area contributed by atoms with E-state index in [0.717, 1.165) is 11.3 Å². The number of halogens is 2. The fraction of sp³-hybridized carbons (Fsp3) is 0. The molecule has 2 heterocycles. The zero-order chi connectivity index (χ0) is 20.5. The number of rotatable bonds is 4. The number of aromatic carboxylic acids is 1. The van der Waals surface area contributed by atoms with Crippen molar-refractivity contribution < 1.29 is 14.3 Å². The first-order valence-corrected chi connectivity index (χ1v) is 9.62. The quantitative estimate of drug-likeness (QED) is 0.493. The Morgan fingerprint density at radius 1 is 1.10 bits per heavy atom. The van der Waals surface area contributed by atoms with E-state index in [9.17, 15) is 19.1 Å². The van der Waals surface area contributed by atoms with Crippen LogP contribution in [0.4, 0.5) is 4.39 Å². The minimum absolute atomic E-state index is 0.00321. The van der Waals surface area contributed by atoms with Gasteiger partial charge in [0.1, 0.15) is 15.7 Å². The number of nitrogens with zero attached hydrogens (tertiary/aromatic N) is 2. The molecule has 0 radical (unpaired) electrons. The molecular formula is C21H12ClFN2O3S. The van der Waals surface area contributed by atoms with Gasteiger partial charge in [-0.3, -0.25) is 4.79 Å². The highest BCUT2D eigenvalue weighted by atomic mass is 35.5. The molecule has 0 amide bonds. The molecule has 5 nitrogen and oxygen atoms in total. The summed E-state index contributed by atoms with van der Waals surface area (Å²) in [5, 5.41) is 9.49. The number of benzene rings is 2. The lowest BCUT2D eigenvalue weighted by atomic mass is 10.1. The number of carbonyl (C=O) groups is 1. The molecule has 144 valence electrons. The molecule has 0 saturated heterocycles. The van der Waals surface area contributed by atoms with Gasteiger partial charge < -0.3 is 5.11 Å². The third-order valence-electron chi connectivity index (χ3n) is 4.20. The number of thiazole rings is 1. The molecule has 0 aliphatic rings. The minimum Gasteiger partial charge on any atom is -0.477 e. The second-order valence-corrected chi connectivity index (χ2v) is 7.43. The van der Waals surface area contributed by atoms with E-state index in [1.54, 1.807) is 54.6 Å². The van der Waals surface area contributed by atoms with Crippen molar-refractivity contribution in [2.75, 3.05) is 0 Å². The lowest BCUT2D eigenvalue weighted by Crippen LogP contribution is -2.17. The molecule has 0 spiro atoms. The average molecular weight is 427 g/mol. The second-order valence-electron chi connectivity index (χ2n) is 6.07. The Hall–Kier alpha value is -3.29. The Morgan fingerprint density at radius 3 is 2.45 bits per heavy atom. The third kappa shape index (κ3) is 3.57. The van der Waals surface area contributed by atoms with E-state index in [1.165, 1.54) is 16.5 Å². The molecule has 0 fully saturated rings. The first-order valence-electron chi connectivity index (χ1n) is 8.43. The van der Waals surface area contributed by atoms with E-state index in [2.05, 4.69) is 4.98 Å². The molecule has 29 heavy (non-hydrogen) atoms. The van der Waals surface area contributed by atoms with Crippen molar-refractivity contribution in [2.24, 2.45) is 0 Å². The zero-order valence-electron chi connectivity index (χ0n) is 14.7. The summed E-state index contributed by atoms with van der Waals surface area (Å²) in [5.41, 5.74) is 1.17. The molecule has 0 atom stereocenters. The number of carboxylic acid groups (broad SMARTS) is 1. The van der Waals surface area contributed by atoms with Crippen LogP contribution in [-0.4, -0.2) is 20.5 Å². The Morgan fingerprint density at radius 2 is 1.79 bits per heavy atom. The van der Waals surface area contributed by atoms with Crippen LogP contribution >= 0.6 is 22.9 Å². The summed E-state index contributed by atoms with van der Waals surface area (Å²) in [7, 11) is 0. The van der Waals surface area contributed by atoms with Gasteiger partial charge in [-0.25, -0.2) is 18.6 Å². The third-order valence-corrected chi connectivity index (χ3v) is 5.58. The average Bonchev–Trinajstić information content (AvgIpc) is 3.11. The molecule has 4 aromatic rings. The highest BCUT2D eigenvalue weighted by Gasteiger charge is 2.23. The molecule has 2 aromatic carbocycles. The first kappa shape index (κ1) is 19.0. The van der Waals surface area contributed by atoms with E-state index in [0.29, 0.717) is 11.1 Å². The van der Waals surface area contributed by atoms with Gasteiger partial charge in [0, 0.05) is 5.56 Å². The molecule has 0 saturated carbocycles. The molecule has 0 bridgehead atoms. The lowest BCUT2D eigenvalue weighted by molar-refractivity contribution is 0.0702. The summed E-state index contributed by atoms with van der Waals surface area (Å²) >= 11 is 7.16. The van der Waals surface area contributed by atoms with Crippen molar-refractivity contribution >= 4 is 46.0 Å². The summed E-state index contributed by atoms with van der Waals surface area (Å²) in [4.78, 5) is 29.3. The number of carboxylic acids is 1. The van der Waals surface area contributed by atoms with Crippen LogP contribution in [0.15, 0.2) is 59.4 Å². The number of fused-ring (bicyclic) bond motifs is 1. The Labute approximate surface area is 173 Å². The number of hydrogen-bond donors (Lipinski definition) is 1. The van der Waals surface area contributed by atoms with Crippen LogP contribution in [0, 0.1) is 5.82 Å². The van der Waals surface area contributed by atoms with Crippen molar-refractivity contribution in [1.29, 1.82) is 0 Å². The van der Waals surface area contributed by atoms with Gasteiger partial charge in [-0.2, -0.15) is 0 Å². The van der Waals surface area contributed by atoms with Crippen LogP contribution in [-0.2, 0) is 0 Å². The van der Waals surface area contributed by atoms with Crippen LogP contribution in [0.1, 0.15) is 20.9 Å². The van der Waals surface area contributed by atoms with Crippen LogP contribution in [0.25, 0.3) is 28.4 Å². The fourth-order valence-corrected chi connectivity index (χ4v) is 4.04. The van der Waals surface area contributed by atoms with Crippen molar-refractivity contribution in [3.8, 4) is 11.3 Å². The monoisotopic (exact) mass is 426 g/mol. The van der Waals surface area contributed by atoms with Gasteiger partial charge in [0.15, 0.2) is 4.96 Å². The highest BCUT2D eigenvalue weighted by Crippen LogP contribution is 2.31. The van der Waals surface area contributed by atoms with Gasteiger partial charge in [0.05, 0.1) is 11.4 Å². The maximum Gasteiger partial charge on any atom is 0.348 e. The van der Waals surface area contributed by atoms with E-state index < -0.39 is 11.5 Å². The van der Waals surface area contributed by atoms with Gasteiger partial charge in [-0.05, 0) is 23.8 Å².